The Labute approximate surface area is 173 Å². The van der Waals surface area contributed by atoms with Crippen LogP contribution < -0.4 is 10.6 Å². The minimum atomic E-state index is -3.56. The van der Waals surface area contributed by atoms with Gasteiger partial charge in [0.05, 0.1) is 23.0 Å². The topological polar surface area (TPSA) is 114 Å². The van der Waals surface area contributed by atoms with Gasteiger partial charge in [-0.3, -0.25) is 10.1 Å². The number of nitrogens with zero attached hydrogens (tertiary/aromatic N) is 2. The highest BCUT2D eigenvalue weighted by Crippen LogP contribution is 2.23. The van der Waals surface area contributed by atoms with Crippen molar-refractivity contribution in [2.45, 2.75) is 11.8 Å². The minimum absolute atomic E-state index is 0.00419. The summed E-state index contributed by atoms with van der Waals surface area (Å²) < 4.78 is 31.9. The molecule has 0 atom stereocenters. The quantitative estimate of drug-likeness (QED) is 0.418. The van der Waals surface area contributed by atoms with Gasteiger partial charge in [0, 0.05) is 36.1 Å². The number of nitrogens with one attached hydrogen (secondary N) is 2. The maximum atomic E-state index is 12.6. The highest BCUT2D eigenvalue weighted by atomic mass is 32.2. The highest BCUT2D eigenvalue weighted by molar-refractivity contribution is 7.89. The van der Waals surface area contributed by atoms with Gasteiger partial charge in [-0.1, -0.05) is 6.07 Å². The monoisotopic (exact) mass is 436 g/mol. The molecule has 0 bridgehead atoms. The molecule has 1 fully saturated rings. The molecular formula is C18H20N4O5S2. The molecule has 11 heteroatoms. The molecule has 2 N–H and O–H groups in total. The van der Waals surface area contributed by atoms with Crippen LogP contribution in [0.3, 0.4) is 0 Å². The first-order chi connectivity index (χ1) is 13.8. The fourth-order valence-electron chi connectivity index (χ4n) is 2.82. The summed E-state index contributed by atoms with van der Waals surface area (Å²) in [6, 6.07) is 11.0. The Balaban J connectivity index is 1.66. The standard InChI is InChI=1S/C18H20N4O5S2/c1-13-2-3-15(12-17(13)22(23)24)20-18(28)19-14-4-6-16(7-5-14)29(25,26)21-8-10-27-11-9-21/h2-7,12H,8-11H2,1H3,(H2,19,20,28). The summed E-state index contributed by atoms with van der Waals surface area (Å²) in [6.45, 7) is 3.09. The molecule has 0 amide bonds. The number of benzene rings is 2. The third-order valence-electron chi connectivity index (χ3n) is 4.38. The second kappa shape index (κ2) is 8.82. The SMILES string of the molecule is Cc1ccc(NC(=S)Nc2ccc(S(=O)(=O)N3CCOCC3)cc2)cc1[N+](=O)[O-]. The van der Waals surface area contributed by atoms with Crippen LogP contribution in [-0.2, 0) is 14.8 Å². The van der Waals surface area contributed by atoms with Gasteiger partial charge < -0.3 is 15.4 Å². The van der Waals surface area contributed by atoms with Crippen molar-refractivity contribution in [1.82, 2.24) is 4.31 Å². The third-order valence-corrected chi connectivity index (χ3v) is 6.50. The van der Waals surface area contributed by atoms with Gasteiger partial charge in [-0.05, 0) is 49.5 Å². The first kappa shape index (κ1) is 21.1. The van der Waals surface area contributed by atoms with E-state index in [-0.39, 0.29) is 15.7 Å². The summed E-state index contributed by atoms with van der Waals surface area (Å²) in [7, 11) is -3.56. The summed E-state index contributed by atoms with van der Waals surface area (Å²) in [4.78, 5) is 10.8. The number of nitro benzene ring substituents is 1. The van der Waals surface area contributed by atoms with E-state index in [0.29, 0.717) is 43.2 Å². The van der Waals surface area contributed by atoms with Gasteiger partial charge in [-0.2, -0.15) is 4.31 Å². The zero-order valence-corrected chi connectivity index (χ0v) is 17.3. The van der Waals surface area contributed by atoms with E-state index in [9.17, 15) is 18.5 Å². The predicted molar refractivity (Wildman–Crippen MR) is 114 cm³/mol. The van der Waals surface area contributed by atoms with Crippen molar-refractivity contribution >= 4 is 44.4 Å². The maximum Gasteiger partial charge on any atom is 0.274 e. The molecule has 29 heavy (non-hydrogen) atoms. The Bertz CT molecular complexity index is 1020. The lowest BCUT2D eigenvalue weighted by atomic mass is 10.2. The average Bonchev–Trinajstić information content (AvgIpc) is 2.70. The van der Waals surface area contributed by atoms with Crippen LogP contribution in [0.5, 0.6) is 0 Å². The summed E-state index contributed by atoms with van der Waals surface area (Å²) in [6.07, 6.45) is 0. The lowest BCUT2D eigenvalue weighted by Crippen LogP contribution is -2.40. The molecule has 0 saturated carbocycles. The van der Waals surface area contributed by atoms with Gasteiger partial charge in [-0.15, -0.1) is 0 Å². The number of aryl methyl sites for hydroxylation is 1. The zero-order chi connectivity index (χ0) is 21.0. The fraction of sp³-hybridized carbons (Fsp3) is 0.278. The Morgan fingerprint density at radius 1 is 1.10 bits per heavy atom. The van der Waals surface area contributed by atoms with Crippen molar-refractivity contribution in [2.75, 3.05) is 36.9 Å². The summed E-state index contributed by atoms with van der Waals surface area (Å²) in [5.74, 6) is 0. The van der Waals surface area contributed by atoms with Crippen LogP contribution in [0.1, 0.15) is 5.56 Å². The molecule has 0 aliphatic carbocycles. The van der Waals surface area contributed by atoms with Crippen LogP contribution in [0.2, 0.25) is 0 Å². The molecule has 9 nitrogen and oxygen atoms in total. The maximum absolute atomic E-state index is 12.6. The normalized spacial score (nSPS) is 14.9. The molecule has 1 heterocycles. The lowest BCUT2D eigenvalue weighted by molar-refractivity contribution is -0.385. The number of morpholine rings is 1. The van der Waals surface area contributed by atoms with Gasteiger partial charge in [0.2, 0.25) is 10.0 Å². The van der Waals surface area contributed by atoms with Crippen LogP contribution in [0.25, 0.3) is 0 Å². The molecule has 1 aliphatic rings. The summed E-state index contributed by atoms with van der Waals surface area (Å²) >= 11 is 5.24. The molecule has 0 unspecified atom stereocenters. The Morgan fingerprint density at radius 2 is 1.69 bits per heavy atom. The number of rotatable bonds is 5. The predicted octanol–water partition coefficient (Wildman–Crippen LogP) is 2.73. The Morgan fingerprint density at radius 3 is 2.31 bits per heavy atom. The van der Waals surface area contributed by atoms with Gasteiger partial charge in [0.1, 0.15) is 0 Å². The van der Waals surface area contributed by atoms with Gasteiger partial charge >= 0.3 is 0 Å². The first-order valence-electron chi connectivity index (χ1n) is 8.78. The molecule has 2 aromatic carbocycles. The molecule has 1 aliphatic heterocycles. The highest BCUT2D eigenvalue weighted by Gasteiger charge is 2.26. The van der Waals surface area contributed by atoms with E-state index in [2.05, 4.69) is 10.6 Å². The molecule has 0 spiro atoms. The number of hydrogen-bond acceptors (Lipinski definition) is 6. The van der Waals surface area contributed by atoms with Crippen LogP contribution in [-0.4, -0.2) is 49.1 Å². The first-order valence-corrected chi connectivity index (χ1v) is 10.6. The number of hydrogen-bond donors (Lipinski definition) is 2. The Hall–Kier alpha value is -2.60. The van der Waals surface area contributed by atoms with Crippen molar-refractivity contribution in [3.8, 4) is 0 Å². The number of nitro groups is 1. The van der Waals surface area contributed by atoms with Crippen LogP contribution in [0, 0.1) is 17.0 Å². The number of sulfonamides is 1. The van der Waals surface area contributed by atoms with E-state index in [1.165, 1.54) is 22.5 Å². The van der Waals surface area contributed by atoms with Gasteiger partial charge in [0.25, 0.3) is 5.69 Å². The number of thiocarbonyl (C=S) groups is 1. The van der Waals surface area contributed by atoms with Crippen molar-refractivity contribution in [3.63, 3.8) is 0 Å². The summed E-state index contributed by atoms with van der Waals surface area (Å²) in [5.41, 5.74) is 1.61. The minimum Gasteiger partial charge on any atom is -0.379 e. The molecular weight excluding hydrogens is 416 g/mol. The van der Waals surface area contributed by atoms with E-state index in [4.69, 9.17) is 17.0 Å². The Kier molecular flexibility index (Phi) is 6.42. The molecule has 154 valence electrons. The molecule has 1 saturated heterocycles. The van der Waals surface area contributed by atoms with E-state index in [1.54, 1.807) is 31.2 Å². The third kappa shape index (κ3) is 5.07. The lowest BCUT2D eigenvalue weighted by Gasteiger charge is -2.26. The van der Waals surface area contributed by atoms with Crippen LogP contribution in [0.15, 0.2) is 47.4 Å². The second-order valence-electron chi connectivity index (χ2n) is 6.38. The largest absolute Gasteiger partial charge is 0.379 e. The van der Waals surface area contributed by atoms with Crippen molar-refractivity contribution in [2.24, 2.45) is 0 Å². The second-order valence-corrected chi connectivity index (χ2v) is 8.72. The van der Waals surface area contributed by atoms with Crippen LogP contribution in [0.4, 0.5) is 17.1 Å². The van der Waals surface area contributed by atoms with E-state index >= 15 is 0 Å². The van der Waals surface area contributed by atoms with Crippen molar-refractivity contribution < 1.29 is 18.1 Å². The van der Waals surface area contributed by atoms with Crippen molar-refractivity contribution in [1.29, 1.82) is 0 Å². The van der Waals surface area contributed by atoms with E-state index in [1.807, 2.05) is 0 Å². The van der Waals surface area contributed by atoms with Gasteiger partial charge in [0.15, 0.2) is 5.11 Å². The van der Waals surface area contributed by atoms with Crippen molar-refractivity contribution in [3.05, 3.63) is 58.1 Å². The van der Waals surface area contributed by atoms with Crippen LogP contribution >= 0.6 is 12.2 Å². The van der Waals surface area contributed by atoms with Gasteiger partial charge in [-0.25, -0.2) is 8.42 Å². The molecule has 0 radical (unpaired) electrons. The zero-order valence-electron chi connectivity index (χ0n) is 15.6. The molecule has 2 aromatic rings. The number of anilines is 2. The fourth-order valence-corrected chi connectivity index (χ4v) is 4.47. The summed E-state index contributed by atoms with van der Waals surface area (Å²) in [5, 5.41) is 17.1. The smallest absolute Gasteiger partial charge is 0.274 e. The average molecular weight is 437 g/mol. The molecule has 0 aromatic heterocycles. The van der Waals surface area contributed by atoms with E-state index in [0.717, 1.165) is 0 Å². The number of ether oxygens (including phenoxy) is 1. The van der Waals surface area contributed by atoms with E-state index < -0.39 is 14.9 Å². The molecule has 3 rings (SSSR count).